The zero-order chi connectivity index (χ0) is 10.7. The minimum absolute atomic E-state index is 0.306. The molecular formula is C13H9FS. The summed E-state index contributed by atoms with van der Waals surface area (Å²) in [5, 5.41) is 0. The van der Waals surface area contributed by atoms with E-state index in [0.29, 0.717) is 0 Å². The molecule has 0 fully saturated rings. The number of halogens is 1. The summed E-state index contributed by atoms with van der Waals surface area (Å²) < 4.78 is 12.7. The molecule has 0 unspecified atom stereocenters. The maximum atomic E-state index is 12.7. The van der Waals surface area contributed by atoms with Crippen molar-refractivity contribution >= 4 is 11.8 Å². The predicted molar refractivity (Wildman–Crippen MR) is 61.3 cm³/mol. The molecule has 2 radical (unpaired) electrons. The molecule has 0 nitrogen and oxygen atoms in total. The first-order chi connectivity index (χ1) is 7.29. The summed E-state index contributed by atoms with van der Waals surface area (Å²) in [6.07, 6.45) is 2.03. The molecule has 2 rings (SSSR count). The van der Waals surface area contributed by atoms with Crippen LogP contribution in [0.5, 0.6) is 0 Å². The number of hydrogen-bond acceptors (Lipinski definition) is 1. The van der Waals surface area contributed by atoms with Gasteiger partial charge in [-0.1, -0.05) is 12.1 Å². The van der Waals surface area contributed by atoms with Crippen molar-refractivity contribution < 1.29 is 4.39 Å². The summed E-state index contributed by atoms with van der Waals surface area (Å²) >= 11 is 1.69. The van der Waals surface area contributed by atoms with Gasteiger partial charge >= 0.3 is 0 Å². The lowest BCUT2D eigenvalue weighted by Crippen LogP contribution is -1.80. The SMILES string of the molecule is CSc1ccc(-c2[c]cc(F)c[c]2)cc1. The van der Waals surface area contributed by atoms with Crippen LogP contribution in [0.15, 0.2) is 41.3 Å². The highest BCUT2D eigenvalue weighted by molar-refractivity contribution is 7.98. The summed E-state index contributed by atoms with van der Waals surface area (Å²) in [5.41, 5.74) is 1.80. The molecule has 0 aliphatic heterocycles. The average molecular weight is 216 g/mol. The normalized spacial score (nSPS) is 10.3. The molecule has 0 atom stereocenters. The fourth-order valence-electron chi connectivity index (χ4n) is 1.29. The number of hydrogen-bond donors (Lipinski definition) is 0. The van der Waals surface area contributed by atoms with E-state index in [-0.39, 0.29) is 5.82 Å². The van der Waals surface area contributed by atoms with Gasteiger partial charge in [-0.3, -0.25) is 0 Å². The van der Waals surface area contributed by atoms with Crippen molar-refractivity contribution in [3.63, 3.8) is 0 Å². The van der Waals surface area contributed by atoms with Crippen LogP contribution in [0.1, 0.15) is 0 Å². The Hall–Kier alpha value is -1.28. The number of benzene rings is 2. The van der Waals surface area contributed by atoms with Gasteiger partial charge < -0.3 is 0 Å². The fourth-order valence-corrected chi connectivity index (χ4v) is 1.70. The van der Waals surface area contributed by atoms with Crippen LogP contribution >= 0.6 is 11.8 Å². The Labute approximate surface area is 93.1 Å². The van der Waals surface area contributed by atoms with Gasteiger partial charge in [0.15, 0.2) is 0 Å². The third-order valence-corrected chi connectivity index (χ3v) is 2.83. The fraction of sp³-hybridized carbons (Fsp3) is 0.0769. The highest BCUT2D eigenvalue weighted by Gasteiger charge is 1.98. The molecule has 0 aliphatic rings. The smallest absolute Gasteiger partial charge is 0.124 e. The van der Waals surface area contributed by atoms with E-state index in [1.165, 1.54) is 17.0 Å². The molecule has 2 aromatic rings. The highest BCUT2D eigenvalue weighted by atomic mass is 32.2. The summed E-state index contributed by atoms with van der Waals surface area (Å²) in [6.45, 7) is 0. The molecule has 15 heavy (non-hydrogen) atoms. The van der Waals surface area contributed by atoms with Gasteiger partial charge in [-0.05, 0) is 53.8 Å². The summed E-state index contributed by atoms with van der Waals surface area (Å²) in [4.78, 5) is 1.21. The van der Waals surface area contributed by atoms with Crippen LogP contribution in [0.3, 0.4) is 0 Å². The molecule has 0 bridgehead atoms. The molecule has 2 aromatic carbocycles. The minimum Gasteiger partial charge on any atom is -0.207 e. The van der Waals surface area contributed by atoms with Crippen LogP contribution in [0.2, 0.25) is 0 Å². The predicted octanol–water partition coefficient (Wildman–Crippen LogP) is 3.81. The van der Waals surface area contributed by atoms with Crippen LogP contribution in [-0.2, 0) is 0 Å². The van der Waals surface area contributed by atoms with E-state index < -0.39 is 0 Å². The molecule has 2 heteroatoms. The Bertz CT molecular complexity index is 431. The third-order valence-electron chi connectivity index (χ3n) is 2.09. The first-order valence-electron chi connectivity index (χ1n) is 4.53. The van der Waals surface area contributed by atoms with Crippen LogP contribution in [-0.4, -0.2) is 6.26 Å². The average Bonchev–Trinajstić information content (AvgIpc) is 2.30. The van der Waals surface area contributed by atoms with Crippen molar-refractivity contribution in [1.29, 1.82) is 0 Å². The van der Waals surface area contributed by atoms with Crippen molar-refractivity contribution in [1.82, 2.24) is 0 Å². The lowest BCUT2D eigenvalue weighted by atomic mass is 10.1. The zero-order valence-electron chi connectivity index (χ0n) is 8.25. The number of rotatable bonds is 2. The quantitative estimate of drug-likeness (QED) is 0.688. The number of thioether (sulfide) groups is 1. The third kappa shape index (κ3) is 2.39. The van der Waals surface area contributed by atoms with E-state index in [9.17, 15) is 4.39 Å². The molecule has 0 saturated carbocycles. The first-order valence-corrected chi connectivity index (χ1v) is 5.75. The van der Waals surface area contributed by atoms with Crippen LogP contribution < -0.4 is 0 Å². The summed E-state index contributed by atoms with van der Waals surface area (Å²) in [6, 6.07) is 16.4. The maximum Gasteiger partial charge on any atom is 0.124 e. The lowest BCUT2D eigenvalue weighted by molar-refractivity contribution is 0.627. The van der Waals surface area contributed by atoms with E-state index in [0.717, 1.165) is 11.1 Å². The van der Waals surface area contributed by atoms with Crippen LogP contribution in [0.25, 0.3) is 11.1 Å². The Kier molecular flexibility index (Phi) is 3.07. The van der Waals surface area contributed by atoms with Gasteiger partial charge in [0, 0.05) is 4.90 Å². The second-order valence-electron chi connectivity index (χ2n) is 3.07. The Balaban J connectivity index is 2.33. The van der Waals surface area contributed by atoms with Gasteiger partial charge in [0.1, 0.15) is 5.82 Å². The van der Waals surface area contributed by atoms with Gasteiger partial charge in [-0.25, -0.2) is 4.39 Å². The molecule has 0 N–H and O–H groups in total. The van der Waals surface area contributed by atoms with Crippen molar-refractivity contribution in [2.45, 2.75) is 4.90 Å². The Morgan fingerprint density at radius 1 is 1.07 bits per heavy atom. The lowest BCUT2D eigenvalue weighted by Gasteiger charge is -2.01. The standard InChI is InChI=1S/C13H9FS/c1-15-13-8-4-11(5-9-13)10-2-6-12(14)7-3-10/h4-9H,1H3. The molecule has 0 spiro atoms. The van der Waals surface area contributed by atoms with E-state index in [1.807, 2.05) is 30.5 Å². The second-order valence-corrected chi connectivity index (χ2v) is 3.95. The molecule has 0 amide bonds. The zero-order valence-corrected chi connectivity index (χ0v) is 9.07. The molecule has 0 heterocycles. The van der Waals surface area contributed by atoms with Crippen molar-refractivity contribution in [3.8, 4) is 11.1 Å². The Morgan fingerprint density at radius 2 is 1.67 bits per heavy atom. The van der Waals surface area contributed by atoms with E-state index >= 15 is 0 Å². The van der Waals surface area contributed by atoms with Gasteiger partial charge in [0.25, 0.3) is 0 Å². The van der Waals surface area contributed by atoms with Crippen molar-refractivity contribution in [3.05, 3.63) is 54.3 Å². The first kappa shape index (κ1) is 10.2. The minimum atomic E-state index is -0.306. The van der Waals surface area contributed by atoms with Gasteiger partial charge in [-0.2, -0.15) is 0 Å². The highest BCUT2D eigenvalue weighted by Crippen LogP contribution is 2.22. The van der Waals surface area contributed by atoms with E-state index in [4.69, 9.17) is 0 Å². The Morgan fingerprint density at radius 3 is 2.20 bits per heavy atom. The second kappa shape index (κ2) is 4.49. The molecule has 0 aliphatic carbocycles. The summed E-state index contributed by atoms with van der Waals surface area (Å²) in [7, 11) is 0. The van der Waals surface area contributed by atoms with Crippen molar-refractivity contribution in [2.75, 3.05) is 6.26 Å². The van der Waals surface area contributed by atoms with E-state index in [1.54, 1.807) is 11.8 Å². The molecular weight excluding hydrogens is 207 g/mol. The van der Waals surface area contributed by atoms with Crippen LogP contribution in [0, 0.1) is 17.9 Å². The summed E-state index contributed by atoms with van der Waals surface area (Å²) in [5.74, 6) is -0.306. The van der Waals surface area contributed by atoms with E-state index in [2.05, 4.69) is 12.1 Å². The van der Waals surface area contributed by atoms with Gasteiger partial charge in [0.2, 0.25) is 0 Å². The maximum absolute atomic E-state index is 12.7. The molecule has 0 aromatic heterocycles. The molecule has 0 saturated heterocycles. The monoisotopic (exact) mass is 216 g/mol. The van der Waals surface area contributed by atoms with Gasteiger partial charge in [-0.15, -0.1) is 11.8 Å². The topological polar surface area (TPSA) is 0 Å². The molecule has 74 valence electrons. The van der Waals surface area contributed by atoms with Crippen LogP contribution in [0.4, 0.5) is 4.39 Å². The largest absolute Gasteiger partial charge is 0.207 e. The van der Waals surface area contributed by atoms with Crippen molar-refractivity contribution in [2.24, 2.45) is 0 Å². The van der Waals surface area contributed by atoms with Gasteiger partial charge in [0.05, 0.1) is 0 Å².